The van der Waals surface area contributed by atoms with Crippen molar-refractivity contribution in [2.45, 2.75) is 26.4 Å². The van der Waals surface area contributed by atoms with Crippen molar-refractivity contribution >= 4 is 16.9 Å². The average molecular weight is 246 g/mol. The van der Waals surface area contributed by atoms with Gasteiger partial charge in [-0.2, -0.15) is 4.98 Å². The molecule has 0 saturated carbocycles. The number of aromatic nitrogens is 2. The van der Waals surface area contributed by atoms with E-state index in [-0.39, 0.29) is 11.9 Å². The van der Waals surface area contributed by atoms with Crippen LogP contribution in [-0.2, 0) is 0 Å². The van der Waals surface area contributed by atoms with Gasteiger partial charge in [-0.1, -0.05) is 19.1 Å². The van der Waals surface area contributed by atoms with Crippen LogP contribution in [-0.4, -0.2) is 27.1 Å². The van der Waals surface area contributed by atoms with Gasteiger partial charge in [0.1, 0.15) is 0 Å². The average Bonchev–Trinajstić information content (AvgIpc) is 2.38. The third-order valence-electron chi connectivity index (χ3n) is 2.65. The van der Waals surface area contributed by atoms with Crippen LogP contribution in [0.4, 0.5) is 0 Å². The number of carboxylic acids is 1. The van der Waals surface area contributed by atoms with Crippen molar-refractivity contribution in [3.63, 3.8) is 0 Å². The lowest BCUT2D eigenvalue weighted by Gasteiger charge is -2.13. The van der Waals surface area contributed by atoms with Gasteiger partial charge in [0.25, 0.3) is 0 Å². The monoisotopic (exact) mass is 246 g/mol. The molecule has 0 aliphatic heterocycles. The van der Waals surface area contributed by atoms with E-state index in [1.165, 1.54) is 0 Å². The molecule has 0 amide bonds. The lowest BCUT2D eigenvalue weighted by Crippen LogP contribution is -2.13. The van der Waals surface area contributed by atoms with Crippen LogP contribution in [0.15, 0.2) is 24.3 Å². The molecule has 0 bridgehead atoms. The van der Waals surface area contributed by atoms with E-state index in [4.69, 9.17) is 9.84 Å². The first-order valence-corrected chi connectivity index (χ1v) is 5.78. The quantitative estimate of drug-likeness (QED) is 0.897. The first-order valence-electron chi connectivity index (χ1n) is 5.78. The van der Waals surface area contributed by atoms with Gasteiger partial charge >= 0.3 is 5.97 Å². The number of hydrogen-bond donors (Lipinski definition) is 1. The molecule has 94 valence electrons. The number of carbonyl (C=O) groups is 1. The highest BCUT2D eigenvalue weighted by Crippen LogP contribution is 2.23. The molecule has 5 nitrogen and oxygen atoms in total. The number of nitrogens with zero attached hydrogens (tertiary/aromatic N) is 2. The number of para-hydroxylation sites is 1. The van der Waals surface area contributed by atoms with Gasteiger partial charge in [-0.3, -0.25) is 0 Å². The van der Waals surface area contributed by atoms with Crippen molar-refractivity contribution in [2.75, 3.05) is 0 Å². The molecule has 1 N–H and O–H groups in total. The van der Waals surface area contributed by atoms with Crippen molar-refractivity contribution in [1.82, 2.24) is 9.97 Å². The molecule has 1 heterocycles. The SMILES string of the molecule is CCC(C)Oc1nc(C(=O)O)nc2ccccc12. The van der Waals surface area contributed by atoms with E-state index in [2.05, 4.69) is 9.97 Å². The van der Waals surface area contributed by atoms with Crippen LogP contribution in [0.5, 0.6) is 5.88 Å². The Kier molecular flexibility index (Phi) is 3.41. The predicted molar refractivity (Wildman–Crippen MR) is 66.9 cm³/mol. The number of aromatic carboxylic acids is 1. The third-order valence-corrected chi connectivity index (χ3v) is 2.65. The molecular weight excluding hydrogens is 232 g/mol. The zero-order valence-corrected chi connectivity index (χ0v) is 10.3. The van der Waals surface area contributed by atoms with Gasteiger partial charge < -0.3 is 9.84 Å². The summed E-state index contributed by atoms with van der Waals surface area (Å²) >= 11 is 0. The maximum absolute atomic E-state index is 11.0. The molecule has 0 radical (unpaired) electrons. The van der Waals surface area contributed by atoms with Gasteiger partial charge in [-0.25, -0.2) is 9.78 Å². The molecule has 1 atom stereocenters. The molecule has 0 fully saturated rings. The van der Waals surface area contributed by atoms with E-state index >= 15 is 0 Å². The summed E-state index contributed by atoms with van der Waals surface area (Å²) in [5, 5.41) is 9.70. The second-order valence-electron chi connectivity index (χ2n) is 4.01. The second kappa shape index (κ2) is 5.00. The number of carboxylic acid groups (broad SMARTS) is 1. The van der Waals surface area contributed by atoms with Crippen LogP contribution in [0, 0.1) is 0 Å². The fourth-order valence-corrected chi connectivity index (χ4v) is 1.51. The first-order chi connectivity index (χ1) is 8.61. The predicted octanol–water partition coefficient (Wildman–Crippen LogP) is 2.51. The lowest BCUT2D eigenvalue weighted by atomic mass is 10.2. The Labute approximate surface area is 104 Å². The highest BCUT2D eigenvalue weighted by Gasteiger charge is 2.14. The van der Waals surface area contributed by atoms with Crippen LogP contribution in [0.1, 0.15) is 30.9 Å². The van der Waals surface area contributed by atoms with Crippen LogP contribution in [0.3, 0.4) is 0 Å². The highest BCUT2D eigenvalue weighted by atomic mass is 16.5. The molecule has 2 rings (SSSR count). The minimum atomic E-state index is -1.16. The second-order valence-corrected chi connectivity index (χ2v) is 4.01. The van der Waals surface area contributed by atoms with Crippen molar-refractivity contribution in [1.29, 1.82) is 0 Å². The summed E-state index contributed by atoms with van der Waals surface area (Å²) in [5.74, 6) is -1.07. The minimum Gasteiger partial charge on any atom is -0.475 e. The maximum Gasteiger partial charge on any atom is 0.374 e. The van der Waals surface area contributed by atoms with E-state index < -0.39 is 5.97 Å². The molecule has 0 aliphatic carbocycles. The molecule has 2 aromatic rings. The summed E-state index contributed by atoms with van der Waals surface area (Å²) in [6.07, 6.45) is 0.797. The standard InChI is InChI=1S/C13H14N2O3/c1-3-8(2)18-12-9-6-4-5-7-10(9)14-11(15-12)13(16)17/h4-8H,3H2,1-2H3,(H,16,17). The number of benzene rings is 1. The topological polar surface area (TPSA) is 72.3 Å². The van der Waals surface area contributed by atoms with Crippen LogP contribution in [0.2, 0.25) is 0 Å². The first kappa shape index (κ1) is 12.3. The molecule has 1 aromatic carbocycles. The molecule has 18 heavy (non-hydrogen) atoms. The van der Waals surface area contributed by atoms with E-state index in [0.29, 0.717) is 11.4 Å². The Hall–Kier alpha value is -2.17. The largest absolute Gasteiger partial charge is 0.475 e. The molecule has 0 saturated heterocycles. The molecule has 0 spiro atoms. The Bertz CT molecular complexity index is 583. The molecule has 0 aliphatic rings. The summed E-state index contributed by atoms with van der Waals surface area (Å²) in [6.45, 7) is 3.91. The molecule has 1 aromatic heterocycles. The number of hydrogen-bond acceptors (Lipinski definition) is 4. The van der Waals surface area contributed by atoms with Crippen LogP contribution < -0.4 is 4.74 Å². The minimum absolute atomic E-state index is 0.0232. The van der Waals surface area contributed by atoms with Gasteiger partial charge in [-0.15, -0.1) is 0 Å². The summed E-state index contributed by atoms with van der Waals surface area (Å²) in [7, 11) is 0. The zero-order valence-electron chi connectivity index (χ0n) is 10.3. The zero-order chi connectivity index (χ0) is 13.1. The fourth-order valence-electron chi connectivity index (χ4n) is 1.51. The fraction of sp³-hybridized carbons (Fsp3) is 0.308. The van der Waals surface area contributed by atoms with Gasteiger partial charge in [0, 0.05) is 0 Å². The van der Waals surface area contributed by atoms with E-state index in [9.17, 15) is 4.79 Å². The van der Waals surface area contributed by atoms with Gasteiger partial charge in [-0.05, 0) is 25.5 Å². The summed E-state index contributed by atoms with van der Waals surface area (Å²) in [4.78, 5) is 18.9. The Morgan fingerprint density at radius 2 is 2.11 bits per heavy atom. The van der Waals surface area contributed by atoms with Gasteiger partial charge in [0.05, 0.1) is 17.0 Å². The molecule has 5 heteroatoms. The van der Waals surface area contributed by atoms with E-state index in [1.807, 2.05) is 26.0 Å². The highest BCUT2D eigenvalue weighted by molar-refractivity contribution is 5.89. The summed E-state index contributed by atoms with van der Waals surface area (Å²) in [6, 6.07) is 7.20. The van der Waals surface area contributed by atoms with Gasteiger partial charge in [0.2, 0.25) is 11.7 Å². The van der Waals surface area contributed by atoms with Crippen LogP contribution >= 0.6 is 0 Å². The Morgan fingerprint density at radius 1 is 1.39 bits per heavy atom. The van der Waals surface area contributed by atoms with Gasteiger partial charge in [0.15, 0.2) is 0 Å². The third kappa shape index (κ3) is 2.40. The Balaban J connectivity index is 2.57. The van der Waals surface area contributed by atoms with Crippen molar-refractivity contribution < 1.29 is 14.6 Å². The van der Waals surface area contributed by atoms with Crippen molar-refractivity contribution in [2.24, 2.45) is 0 Å². The van der Waals surface area contributed by atoms with E-state index in [0.717, 1.165) is 11.8 Å². The number of fused-ring (bicyclic) bond motifs is 1. The number of rotatable bonds is 4. The lowest BCUT2D eigenvalue weighted by molar-refractivity contribution is 0.0681. The Morgan fingerprint density at radius 3 is 2.78 bits per heavy atom. The number of ether oxygens (including phenoxy) is 1. The van der Waals surface area contributed by atoms with Crippen LogP contribution in [0.25, 0.3) is 10.9 Å². The van der Waals surface area contributed by atoms with E-state index in [1.54, 1.807) is 12.1 Å². The maximum atomic E-state index is 11.0. The van der Waals surface area contributed by atoms with Crippen molar-refractivity contribution in [3.05, 3.63) is 30.1 Å². The van der Waals surface area contributed by atoms with Crippen molar-refractivity contribution in [3.8, 4) is 5.88 Å². The normalized spacial score (nSPS) is 12.3. The summed E-state index contributed by atoms with van der Waals surface area (Å²) < 4.78 is 5.65. The summed E-state index contributed by atoms with van der Waals surface area (Å²) in [5.41, 5.74) is 0.572. The molecular formula is C13H14N2O3. The smallest absolute Gasteiger partial charge is 0.374 e. The molecule has 1 unspecified atom stereocenters.